The number of nitrogens with zero attached hydrogens (tertiary/aromatic N) is 2. The number of hydrogen-bond acceptors (Lipinski definition) is 2. The van der Waals surface area contributed by atoms with Crippen molar-refractivity contribution in [3.05, 3.63) is 17.2 Å². The fraction of sp³-hybridized carbons (Fsp3) is 0.769. The second kappa shape index (κ2) is 5.87. The molecule has 3 nitrogen and oxygen atoms in total. The minimum atomic E-state index is 0.0981. The molecule has 1 aromatic rings. The van der Waals surface area contributed by atoms with E-state index in [0.29, 0.717) is 11.2 Å². The molecule has 0 aromatic carbocycles. The van der Waals surface area contributed by atoms with Gasteiger partial charge < -0.3 is 4.74 Å². The number of halogens is 1. The van der Waals surface area contributed by atoms with Crippen LogP contribution in [0.2, 0.25) is 5.28 Å². The van der Waals surface area contributed by atoms with E-state index in [1.807, 2.05) is 6.20 Å². The van der Waals surface area contributed by atoms with Gasteiger partial charge in [0.05, 0.1) is 0 Å². The molecule has 0 aliphatic carbocycles. The fourth-order valence-corrected chi connectivity index (χ4v) is 2.49. The maximum Gasteiger partial charge on any atom is 0.205 e. The van der Waals surface area contributed by atoms with Gasteiger partial charge in [0.15, 0.2) is 0 Å². The van der Waals surface area contributed by atoms with E-state index in [0.717, 1.165) is 32.3 Å². The van der Waals surface area contributed by atoms with Crippen molar-refractivity contribution in [2.75, 3.05) is 6.61 Å². The Bertz CT molecular complexity index is 356. The normalized spacial score (nSPS) is 21.1. The predicted molar refractivity (Wildman–Crippen MR) is 69.2 cm³/mol. The summed E-state index contributed by atoms with van der Waals surface area (Å²) >= 11 is 6.17. The molecule has 0 radical (unpaired) electrons. The Morgan fingerprint density at radius 3 is 3.00 bits per heavy atom. The Morgan fingerprint density at radius 1 is 1.53 bits per heavy atom. The van der Waals surface area contributed by atoms with E-state index in [1.165, 1.54) is 12.1 Å². The standard InChI is InChI=1S/C13H21ClN2O/c1-10(2)6-7-11-9-15-13(14)16(11)12-5-3-4-8-17-12/h9-10,12H,3-8H2,1-2H3. The zero-order chi connectivity index (χ0) is 12.3. The van der Waals surface area contributed by atoms with Crippen LogP contribution in [0.4, 0.5) is 0 Å². The molecule has 0 N–H and O–H groups in total. The molecule has 1 atom stereocenters. The lowest BCUT2D eigenvalue weighted by molar-refractivity contribution is -0.0333. The van der Waals surface area contributed by atoms with Crippen LogP contribution in [0.5, 0.6) is 0 Å². The molecular formula is C13H21ClN2O. The molecule has 1 aromatic heterocycles. The van der Waals surface area contributed by atoms with Crippen molar-refractivity contribution in [3.63, 3.8) is 0 Å². The third-order valence-corrected chi connectivity index (χ3v) is 3.53. The highest BCUT2D eigenvalue weighted by atomic mass is 35.5. The van der Waals surface area contributed by atoms with Gasteiger partial charge in [-0.3, -0.25) is 4.57 Å². The van der Waals surface area contributed by atoms with E-state index >= 15 is 0 Å². The molecule has 0 saturated carbocycles. The van der Waals surface area contributed by atoms with Gasteiger partial charge in [-0.2, -0.15) is 0 Å². The largest absolute Gasteiger partial charge is 0.358 e. The van der Waals surface area contributed by atoms with Crippen molar-refractivity contribution in [3.8, 4) is 0 Å². The van der Waals surface area contributed by atoms with Crippen LogP contribution in [0.15, 0.2) is 6.20 Å². The van der Waals surface area contributed by atoms with Gasteiger partial charge >= 0.3 is 0 Å². The van der Waals surface area contributed by atoms with Crippen LogP contribution in [0, 0.1) is 5.92 Å². The van der Waals surface area contributed by atoms with Crippen molar-refractivity contribution < 1.29 is 4.74 Å². The Labute approximate surface area is 108 Å². The molecular weight excluding hydrogens is 236 g/mol. The van der Waals surface area contributed by atoms with Crippen molar-refractivity contribution in [2.24, 2.45) is 5.92 Å². The zero-order valence-electron chi connectivity index (χ0n) is 10.7. The molecule has 1 unspecified atom stereocenters. The maximum absolute atomic E-state index is 6.17. The maximum atomic E-state index is 6.17. The lowest BCUT2D eigenvalue weighted by Gasteiger charge is -2.26. The number of rotatable bonds is 4. The lowest BCUT2D eigenvalue weighted by atomic mass is 10.1. The Hall–Kier alpha value is -0.540. The van der Waals surface area contributed by atoms with Crippen LogP contribution in [-0.4, -0.2) is 16.2 Å². The SMILES string of the molecule is CC(C)CCc1cnc(Cl)n1C1CCCCO1. The summed E-state index contributed by atoms with van der Waals surface area (Å²) in [5.41, 5.74) is 1.20. The van der Waals surface area contributed by atoms with Crippen LogP contribution >= 0.6 is 11.6 Å². The van der Waals surface area contributed by atoms with E-state index in [1.54, 1.807) is 0 Å². The second-order valence-corrected chi connectivity index (χ2v) is 5.48. The van der Waals surface area contributed by atoms with Gasteiger partial charge in [-0.1, -0.05) is 13.8 Å². The molecule has 0 amide bonds. The lowest BCUT2D eigenvalue weighted by Crippen LogP contribution is -2.20. The minimum absolute atomic E-state index is 0.0981. The first-order valence-corrected chi connectivity index (χ1v) is 6.89. The number of imidazole rings is 1. The molecule has 1 saturated heterocycles. The van der Waals surface area contributed by atoms with E-state index in [4.69, 9.17) is 16.3 Å². The summed E-state index contributed by atoms with van der Waals surface area (Å²) in [6, 6.07) is 0. The highest BCUT2D eigenvalue weighted by Crippen LogP contribution is 2.28. The number of ether oxygens (including phenoxy) is 1. The van der Waals surface area contributed by atoms with Crippen LogP contribution in [-0.2, 0) is 11.2 Å². The number of aromatic nitrogens is 2. The third kappa shape index (κ3) is 3.23. The van der Waals surface area contributed by atoms with Crippen molar-refractivity contribution in [1.82, 2.24) is 9.55 Å². The van der Waals surface area contributed by atoms with Gasteiger partial charge in [-0.15, -0.1) is 0 Å². The first-order valence-electron chi connectivity index (χ1n) is 6.51. The molecule has 1 aliphatic rings. The summed E-state index contributed by atoms with van der Waals surface area (Å²) < 4.78 is 7.86. The summed E-state index contributed by atoms with van der Waals surface area (Å²) in [7, 11) is 0. The smallest absolute Gasteiger partial charge is 0.205 e. The van der Waals surface area contributed by atoms with Crippen molar-refractivity contribution >= 4 is 11.6 Å². The number of aryl methyl sites for hydroxylation is 1. The fourth-order valence-electron chi connectivity index (χ4n) is 2.22. The second-order valence-electron chi connectivity index (χ2n) is 5.14. The molecule has 4 heteroatoms. The quantitative estimate of drug-likeness (QED) is 0.819. The highest BCUT2D eigenvalue weighted by molar-refractivity contribution is 6.28. The Balaban J connectivity index is 2.10. The van der Waals surface area contributed by atoms with Crippen LogP contribution in [0.1, 0.15) is 51.5 Å². The zero-order valence-corrected chi connectivity index (χ0v) is 11.4. The molecule has 0 spiro atoms. The third-order valence-electron chi connectivity index (χ3n) is 3.25. The Kier molecular flexibility index (Phi) is 4.46. The number of hydrogen-bond donors (Lipinski definition) is 0. The molecule has 17 heavy (non-hydrogen) atoms. The molecule has 0 bridgehead atoms. The average molecular weight is 257 g/mol. The van der Waals surface area contributed by atoms with Gasteiger partial charge in [0.2, 0.25) is 5.28 Å². The van der Waals surface area contributed by atoms with Gasteiger partial charge in [0.25, 0.3) is 0 Å². The Morgan fingerprint density at radius 2 is 2.35 bits per heavy atom. The molecule has 96 valence electrons. The molecule has 2 rings (SSSR count). The first kappa shape index (κ1) is 12.9. The summed E-state index contributed by atoms with van der Waals surface area (Å²) in [5, 5.41) is 0.565. The van der Waals surface area contributed by atoms with Crippen LogP contribution in [0.25, 0.3) is 0 Å². The van der Waals surface area contributed by atoms with Crippen molar-refractivity contribution in [1.29, 1.82) is 0 Å². The molecule has 2 heterocycles. The van der Waals surface area contributed by atoms with E-state index in [2.05, 4.69) is 23.4 Å². The van der Waals surface area contributed by atoms with Gasteiger partial charge in [-0.05, 0) is 49.6 Å². The summed E-state index contributed by atoms with van der Waals surface area (Å²) in [6.45, 7) is 5.31. The monoisotopic (exact) mass is 256 g/mol. The average Bonchev–Trinajstić information content (AvgIpc) is 2.69. The van der Waals surface area contributed by atoms with Gasteiger partial charge in [0, 0.05) is 18.5 Å². The minimum Gasteiger partial charge on any atom is -0.358 e. The first-order chi connectivity index (χ1) is 8.18. The summed E-state index contributed by atoms with van der Waals surface area (Å²) in [5.74, 6) is 0.699. The summed E-state index contributed by atoms with van der Waals surface area (Å²) in [4.78, 5) is 4.22. The van der Waals surface area contributed by atoms with Gasteiger partial charge in [-0.25, -0.2) is 4.98 Å². The molecule has 1 aliphatic heterocycles. The van der Waals surface area contributed by atoms with E-state index in [-0.39, 0.29) is 6.23 Å². The summed E-state index contributed by atoms with van der Waals surface area (Å²) in [6.07, 6.45) is 7.59. The van der Waals surface area contributed by atoms with Crippen LogP contribution < -0.4 is 0 Å². The predicted octanol–water partition coefficient (Wildman–Crippen LogP) is 3.82. The topological polar surface area (TPSA) is 27.1 Å². The molecule has 1 fully saturated rings. The highest BCUT2D eigenvalue weighted by Gasteiger charge is 2.21. The van der Waals surface area contributed by atoms with E-state index in [9.17, 15) is 0 Å². The van der Waals surface area contributed by atoms with Crippen LogP contribution in [0.3, 0.4) is 0 Å². The van der Waals surface area contributed by atoms with Gasteiger partial charge in [0.1, 0.15) is 6.23 Å². The van der Waals surface area contributed by atoms with E-state index < -0.39 is 0 Å². The van der Waals surface area contributed by atoms with Crippen molar-refractivity contribution in [2.45, 2.75) is 52.2 Å².